The van der Waals surface area contributed by atoms with Crippen molar-refractivity contribution in [3.05, 3.63) is 23.5 Å². The van der Waals surface area contributed by atoms with Crippen molar-refractivity contribution in [1.82, 2.24) is 4.98 Å². The van der Waals surface area contributed by atoms with Crippen LogP contribution in [0.4, 0.5) is 32.0 Å². The number of carbonyl (C=O) groups excluding carboxylic acids is 1. The average molecular weight is 256 g/mol. The van der Waals surface area contributed by atoms with E-state index in [1.807, 2.05) is 0 Å². The first kappa shape index (κ1) is 13.2. The summed E-state index contributed by atoms with van der Waals surface area (Å²) in [4.78, 5) is 14.9. The lowest BCUT2D eigenvalue weighted by Gasteiger charge is -2.10. The Morgan fingerprint density at radius 1 is 1.00 bits per heavy atom. The molecule has 0 saturated heterocycles. The van der Waals surface area contributed by atoms with Crippen LogP contribution in [0.3, 0.4) is 0 Å². The summed E-state index contributed by atoms with van der Waals surface area (Å²) in [5.41, 5.74) is -4.36. The molecule has 0 unspecified atom stereocenters. The van der Waals surface area contributed by atoms with Gasteiger partial charge >= 0.3 is 12.4 Å². The number of pyridine rings is 1. The predicted molar refractivity (Wildman–Crippen MR) is 42.0 cm³/mol. The Balaban J connectivity index is 3.44. The summed E-state index contributed by atoms with van der Waals surface area (Å²) in [6, 6.07) is 0.445. The van der Waals surface area contributed by atoms with Gasteiger partial charge < -0.3 is 0 Å². The topological polar surface area (TPSA) is 42.3 Å². The van der Waals surface area contributed by atoms with Crippen LogP contribution in [0, 0.1) is 0 Å². The van der Waals surface area contributed by atoms with E-state index in [4.69, 9.17) is 0 Å². The second-order valence-electron chi connectivity index (χ2n) is 2.79. The number of rotatable bonds is 1. The van der Waals surface area contributed by atoms with Crippen molar-refractivity contribution in [3.8, 4) is 0 Å². The highest BCUT2D eigenvalue weighted by molar-refractivity contribution is 5.50. The van der Waals surface area contributed by atoms with Gasteiger partial charge in [-0.1, -0.05) is 0 Å². The quantitative estimate of drug-likeness (QED) is 0.440. The molecule has 3 nitrogen and oxygen atoms in total. The Bertz CT molecular complexity index is 440. The molecule has 1 rings (SSSR count). The molecule has 1 aromatic heterocycles. The normalized spacial score (nSPS) is 12.1. The Kier molecular flexibility index (Phi) is 3.23. The Morgan fingerprint density at radius 2 is 1.41 bits per heavy atom. The lowest BCUT2D eigenvalue weighted by Crippen LogP contribution is -2.14. The van der Waals surface area contributed by atoms with Crippen LogP contribution in [-0.4, -0.2) is 11.1 Å². The SMILES string of the molecule is O=C=Nc1cc(C(F)(F)F)nc(C(F)(F)F)c1. The van der Waals surface area contributed by atoms with Gasteiger partial charge in [0.1, 0.15) is 11.4 Å². The number of hydrogen-bond acceptors (Lipinski definition) is 3. The summed E-state index contributed by atoms with van der Waals surface area (Å²) in [5.74, 6) is 0. The van der Waals surface area contributed by atoms with E-state index in [9.17, 15) is 31.1 Å². The summed E-state index contributed by atoms with van der Waals surface area (Å²) >= 11 is 0. The molecule has 0 aliphatic rings. The maximum absolute atomic E-state index is 12.2. The molecular formula is C8H2F6N2O. The molecular weight excluding hydrogens is 254 g/mol. The Hall–Kier alpha value is -1.89. The minimum atomic E-state index is -5.06. The first-order chi connectivity index (χ1) is 7.64. The third kappa shape index (κ3) is 3.28. The van der Waals surface area contributed by atoms with Crippen molar-refractivity contribution < 1.29 is 31.1 Å². The van der Waals surface area contributed by atoms with Gasteiger partial charge in [-0.3, -0.25) is 0 Å². The first-order valence-electron chi connectivity index (χ1n) is 3.89. The summed E-state index contributed by atoms with van der Waals surface area (Å²) in [7, 11) is 0. The minimum absolute atomic E-state index is 0.222. The molecule has 1 aromatic rings. The van der Waals surface area contributed by atoms with Gasteiger partial charge in [-0.2, -0.15) is 31.3 Å². The lowest BCUT2D eigenvalue weighted by molar-refractivity contribution is -0.150. The fourth-order valence-corrected chi connectivity index (χ4v) is 0.924. The van der Waals surface area contributed by atoms with E-state index < -0.39 is 29.4 Å². The number of aliphatic imine (C=N–C) groups is 1. The molecule has 0 aliphatic heterocycles. The van der Waals surface area contributed by atoms with Gasteiger partial charge in [0.15, 0.2) is 0 Å². The zero-order valence-electron chi connectivity index (χ0n) is 7.73. The molecule has 92 valence electrons. The van der Waals surface area contributed by atoms with Gasteiger partial charge in [0.25, 0.3) is 0 Å². The maximum atomic E-state index is 12.2. The molecule has 0 bridgehead atoms. The van der Waals surface area contributed by atoms with E-state index in [-0.39, 0.29) is 12.1 Å². The van der Waals surface area contributed by atoms with E-state index in [2.05, 4.69) is 9.98 Å². The molecule has 0 spiro atoms. The number of isocyanates is 1. The van der Waals surface area contributed by atoms with Crippen LogP contribution in [0.15, 0.2) is 17.1 Å². The van der Waals surface area contributed by atoms with Crippen molar-refractivity contribution >= 4 is 11.8 Å². The molecule has 0 fully saturated rings. The van der Waals surface area contributed by atoms with Gasteiger partial charge in [0.05, 0.1) is 5.69 Å². The predicted octanol–water partition coefficient (Wildman–Crippen LogP) is 3.09. The Labute approximate surface area is 89.8 Å². The zero-order valence-corrected chi connectivity index (χ0v) is 7.73. The van der Waals surface area contributed by atoms with Crippen LogP contribution in [0.1, 0.15) is 11.4 Å². The average Bonchev–Trinajstić information content (AvgIpc) is 2.15. The summed E-state index contributed by atoms with van der Waals surface area (Å²) in [6.07, 6.45) is -9.27. The third-order valence-corrected chi connectivity index (χ3v) is 1.57. The van der Waals surface area contributed by atoms with Crippen molar-refractivity contribution in [3.63, 3.8) is 0 Å². The molecule has 0 amide bonds. The monoisotopic (exact) mass is 256 g/mol. The molecule has 0 saturated carbocycles. The molecule has 17 heavy (non-hydrogen) atoms. The number of nitrogens with zero attached hydrogens (tertiary/aromatic N) is 2. The van der Waals surface area contributed by atoms with E-state index in [1.54, 1.807) is 0 Å². The number of hydrogen-bond donors (Lipinski definition) is 0. The van der Waals surface area contributed by atoms with Crippen molar-refractivity contribution in [2.45, 2.75) is 12.4 Å². The number of aromatic nitrogens is 1. The molecule has 0 radical (unpaired) electrons. The highest BCUT2D eigenvalue weighted by atomic mass is 19.4. The van der Waals surface area contributed by atoms with Crippen molar-refractivity contribution in [2.75, 3.05) is 0 Å². The van der Waals surface area contributed by atoms with E-state index in [0.717, 1.165) is 6.08 Å². The summed E-state index contributed by atoms with van der Waals surface area (Å²) < 4.78 is 73.2. The van der Waals surface area contributed by atoms with Crippen LogP contribution >= 0.6 is 0 Å². The van der Waals surface area contributed by atoms with Gasteiger partial charge in [-0.15, -0.1) is 0 Å². The fraction of sp³-hybridized carbons (Fsp3) is 0.250. The minimum Gasteiger partial charge on any atom is -0.239 e. The molecule has 0 aliphatic carbocycles. The maximum Gasteiger partial charge on any atom is 0.433 e. The highest BCUT2D eigenvalue weighted by Gasteiger charge is 2.38. The summed E-state index contributed by atoms with van der Waals surface area (Å²) in [5, 5.41) is 0. The first-order valence-corrected chi connectivity index (χ1v) is 3.89. The highest BCUT2D eigenvalue weighted by Crippen LogP contribution is 2.35. The summed E-state index contributed by atoms with van der Waals surface area (Å²) in [6.45, 7) is 0. The van der Waals surface area contributed by atoms with Gasteiger partial charge in [0, 0.05) is 0 Å². The van der Waals surface area contributed by atoms with E-state index >= 15 is 0 Å². The van der Waals surface area contributed by atoms with E-state index in [1.165, 1.54) is 0 Å². The Morgan fingerprint density at radius 3 is 1.71 bits per heavy atom. The van der Waals surface area contributed by atoms with E-state index in [0.29, 0.717) is 0 Å². The largest absolute Gasteiger partial charge is 0.433 e. The zero-order chi connectivity index (χ0) is 13.3. The second-order valence-corrected chi connectivity index (χ2v) is 2.79. The van der Waals surface area contributed by atoms with Crippen LogP contribution < -0.4 is 0 Å². The van der Waals surface area contributed by atoms with Crippen molar-refractivity contribution in [1.29, 1.82) is 0 Å². The van der Waals surface area contributed by atoms with Crippen LogP contribution in [-0.2, 0) is 17.1 Å². The van der Waals surface area contributed by atoms with Crippen LogP contribution in [0.25, 0.3) is 0 Å². The second kappa shape index (κ2) is 4.17. The van der Waals surface area contributed by atoms with Crippen LogP contribution in [0.2, 0.25) is 0 Å². The molecule has 0 N–H and O–H groups in total. The fourth-order valence-electron chi connectivity index (χ4n) is 0.924. The molecule has 1 heterocycles. The molecule has 9 heteroatoms. The molecule has 0 atom stereocenters. The third-order valence-electron chi connectivity index (χ3n) is 1.57. The van der Waals surface area contributed by atoms with Crippen molar-refractivity contribution in [2.24, 2.45) is 4.99 Å². The number of halogens is 6. The van der Waals surface area contributed by atoms with Crippen LogP contribution in [0.5, 0.6) is 0 Å². The molecule has 0 aromatic carbocycles. The van der Waals surface area contributed by atoms with Gasteiger partial charge in [-0.05, 0) is 12.1 Å². The smallest absolute Gasteiger partial charge is 0.239 e. The standard InChI is InChI=1S/C8H2F6N2O/c9-7(10,11)5-1-4(15-3-17)2-6(16-5)8(12,13)14/h1-2H. The van der Waals surface area contributed by atoms with Gasteiger partial charge in [0.2, 0.25) is 6.08 Å². The lowest BCUT2D eigenvalue weighted by atomic mass is 10.2. The number of alkyl halides is 6. The van der Waals surface area contributed by atoms with Gasteiger partial charge in [-0.25, -0.2) is 9.78 Å².